The number of benzene rings is 3. The quantitative estimate of drug-likeness (QED) is 0.735. The Morgan fingerprint density at radius 3 is 2.48 bits per heavy atom. The molecule has 0 radical (unpaired) electrons. The van der Waals surface area contributed by atoms with Gasteiger partial charge in [-0.3, -0.25) is 0 Å². The minimum absolute atomic E-state index is 0.282. The second kappa shape index (κ2) is 7.00. The molecule has 0 aliphatic rings. The van der Waals surface area contributed by atoms with Crippen molar-refractivity contribution in [3.63, 3.8) is 0 Å². The number of rotatable bonds is 3. The van der Waals surface area contributed by atoms with Crippen LogP contribution >= 0.6 is 0 Å². The first-order valence-corrected chi connectivity index (χ1v) is 7.64. The molecule has 0 saturated heterocycles. The summed E-state index contributed by atoms with van der Waals surface area (Å²) in [6, 6.07) is 22.1. The lowest BCUT2D eigenvalue weighted by Gasteiger charge is -2.05. The molecule has 3 rings (SSSR count). The highest BCUT2D eigenvalue weighted by atomic mass is 16.5. The molecule has 0 aliphatic heterocycles. The van der Waals surface area contributed by atoms with E-state index in [-0.39, 0.29) is 6.04 Å². The molecule has 1 unspecified atom stereocenters. The molecule has 0 saturated carbocycles. The van der Waals surface area contributed by atoms with Gasteiger partial charge >= 0.3 is 0 Å². The van der Waals surface area contributed by atoms with Gasteiger partial charge in [0.05, 0.1) is 6.04 Å². The maximum atomic E-state index is 6.07. The summed E-state index contributed by atoms with van der Waals surface area (Å²) >= 11 is 0. The van der Waals surface area contributed by atoms with E-state index in [1.165, 1.54) is 10.9 Å². The Kier molecular flexibility index (Phi) is 4.61. The molecule has 23 heavy (non-hydrogen) atoms. The van der Waals surface area contributed by atoms with E-state index in [2.05, 4.69) is 37.0 Å². The topological polar surface area (TPSA) is 35.2 Å². The molecule has 2 N–H and O–H groups in total. The summed E-state index contributed by atoms with van der Waals surface area (Å²) in [6.45, 7) is 2.39. The Balaban J connectivity index is 1.61. The first-order valence-electron chi connectivity index (χ1n) is 7.64. The zero-order valence-corrected chi connectivity index (χ0v) is 13.1. The zero-order chi connectivity index (χ0) is 16.1. The SMILES string of the molecule is Cc1ccc(C(N)C#CCOc2ccc3ccccc3c2)cc1. The number of aryl methyl sites for hydroxylation is 1. The summed E-state index contributed by atoms with van der Waals surface area (Å²) in [7, 11) is 0. The zero-order valence-electron chi connectivity index (χ0n) is 13.1. The van der Waals surface area contributed by atoms with E-state index in [4.69, 9.17) is 10.5 Å². The van der Waals surface area contributed by atoms with Crippen molar-refractivity contribution in [3.05, 3.63) is 77.9 Å². The first kappa shape index (κ1) is 15.1. The van der Waals surface area contributed by atoms with Crippen LogP contribution in [-0.4, -0.2) is 6.61 Å². The van der Waals surface area contributed by atoms with Gasteiger partial charge in [-0.1, -0.05) is 72.0 Å². The Morgan fingerprint density at radius 2 is 1.70 bits per heavy atom. The standard InChI is InChI=1S/C21H19NO/c1-16-8-10-18(11-9-16)21(22)7-4-14-23-20-13-12-17-5-2-3-6-19(17)15-20/h2-3,5-6,8-13,15,21H,14,22H2,1H3. The molecule has 1 atom stereocenters. The van der Waals surface area contributed by atoms with Crippen LogP contribution in [0.2, 0.25) is 0 Å². The maximum Gasteiger partial charge on any atom is 0.149 e. The Hall–Kier alpha value is -2.76. The van der Waals surface area contributed by atoms with Gasteiger partial charge in [0.25, 0.3) is 0 Å². The summed E-state index contributed by atoms with van der Waals surface area (Å²) < 4.78 is 5.69. The fourth-order valence-electron chi connectivity index (χ4n) is 2.39. The van der Waals surface area contributed by atoms with Crippen molar-refractivity contribution in [3.8, 4) is 17.6 Å². The third kappa shape index (κ3) is 3.91. The molecular formula is C21H19NO. The van der Waals surface area contributed by atoms with Crippen molar-refractivity contribution in [1.29, 1.82) is 0 Å². The number of hydrogen-bond donors (Lipinski definition) is 1. The highest BCUT2D eigenvalue weighted by Gasteiger charge is 2.00. The van der Waals surface area contributed by atoms with Gasteiger partial charge in [-0.25, -0.2) is 0 Å². The third-order valence-electron chi connectivity index (χ3n) is 3.73. The van der Waals surface area contributed by atoms with E-state index < -0.39 is 0 Å². The average molecular weight is 301 g/mol. The molecule has 0 spiro atoms. The second-order valence-electron chi connectivity index (χ2n) is 5.51. The van der Waals surface area contributed by atoms with Crippen LogP contribution in [0, 0.1) is 18.8 Å². The smallest absolute Gasteiger partial charge is 0.149 e. The largest absolute Gasteiger partial charge is 0.481 e. The third-order valence-corrected chi connectivity index (χ3v) is 3.73. The van der Waals surface area contributed by atoms with Gasteiger partial charge in [0.15, 0.2) is 0 Å². The van der Waals surface area contributed by atoms with Crippen LogP contribution in [0.1, 0.15) is 17.2 Å². The first-order chi connectivity index (χ1) is 11.2. The molecule has 114 valence electrons. The normalized spacial score (nSPS) is 11.6. The van der Waals surface area contributed by atoms with Crippen LogP contribution < -0.4 is 10.5 Å². The molecule has 2 nitrogen and oxygen atoms in total. The van der Waals surface area contributed by atoms with Crippen LogP contribution in [0.4, 0.5) is 0 Å². The van der Waals surface area contributed by atoms with E-state index in [0.29, 0.717) is 6.61 Å². The monoisotopic (exact) mass is 301 g/mol. The summed E-state index contributed by atoms with van der Waals surface area (Å²) in [5, 5.41) is 2.36. The van der Waals surface area contributed by atoms with Gasteiger partial charge in [0.2, 0.25) is 0 Å². The molecule has 0 aliphatic carbocycles. The van der Waals surface area contributed by atoms with Crippen LogP contribution in [0.3, 0.4) is 0 Å². The lowest BCUT2D eigenvalue weighted by Crippen LogP contribution is -2.08. The van der Waals surface area contributed by atoms with Crippen molar-refractivity contribution in [1.82, 2.24) is 0 Å². The Morgan fingerprint density at radius 1 is 0.957 bits per heavy atom. The van der Waals surface area contributed by atoms with Crippen LogP contribution in [0.25, 0.3) is 10.8 Å². The van der Waals surface area contributed by atoms with E-state index in [1.807, 2.05) is 48.5 Å². The predicted octanol–water partition coefficient (Wildman–Crippen LogP) is 4.23. The molecule has 0 heterocycles. The minimum atomic E-state index is -0.282. The molecule has 3 aromatic carbocycles. The Bertz CT molecular complexity index is 856. The molecule has 2 heteroatoms. The van der Waals surface area contributed by atoms with Crippen LogP contribution in [-0.2, 0) is 0 Å². The summed E-state index contributed by atoms with van der Waals surface area (Å²) in [5.74, 6) is 6.85. The van der Waals surface area contributed by atoms with Crippen LogP contribution in [0.5, 0.6) is 5.75 Å². The van der Waals surface area contributed by atoms with Crippen molar-refractivity contribution in [2.45, 2.75) is 13.0 Å². The number of nitrogens with two attached hydrogens (primary N) is 1. The number of hydrogen-bond acceptors (Lipinski definition) is 2. The van der Waals surface area contributed by atoms with Crippen molar-refractivity contribution >= 4 is 10.8 Å². The van der Waals surface area contributed by atoms with Crippen molar-refractivity contribution in [2.24, 2.45) is 5.73 Å². The van der Waals surface area contributed by atoms with Gasteiger partial charge in [0.1, 0.15) is 12.4 Å². The highest BCUT2D eigenvalue weighted by Crippen LogP contribution is 2.20. The maximum absolute atomic E-state index is 6.07. The molecule has 0 fully saturated rings. The molecular weight excluding hydrogens is 282 g/mol. The van der Waals surface area contributed by atoms with Gasteiger partial charge < -0.3 is 10.5 Å². The van der Waals surface area contributed by atoms with Crippen molar-refractivity contribution in [2.75, 3.05) is 6.61 Å². The molecule has 0 aromatic heterocycles. The lowest BCUT2D eigenvalue weighted by atomic mass is 10.1. The predicted molar refractivity (Wildman–Crippen MR) is 95.3 cm³/mol. The fraction of sp³-hybridized carbons (Fsp3) is 0.143. The lowest BCUT2D eigenvalue weighted by molar-refractivity contribution is 0.370. The van der Waals surface area contributed by atoms with E-state index in [1.54, 1.807) is 0 Å². The van der Waals surface area contributed by atoms with E-state index in [0.717, 1.165) is 16.7 Å². The molecule has 0 bridgehead atoms. The van der Waals surface area contributed by atoms with E-state index >= 15 is 0 Å². The summed E-state index contributed by atoms with van der Waals surface area (Å²) in [5.41, 5.74) is 8.31. The molecule has 3 aromatic rings. The van der Waals surface area contributed by atoms with Gasteiger partial charge in [-0.05, 0) is 35.4 Å². The molecule has 0 amide bonds. The second-order valence-corrected chi connectivity index (χ2v) is 5.51. The van der Waals surface area contributed by atoms with Gasteiger partial charge in [0, 0.05) is 0 Å². The van der Waals surface area contributed by atoms with Crippen LogP contribution in [0.15, 0.2) is 66.7 Å². The Labute approximate surface area is 136 Å². The summed E-state index contributed by atoms with van der Waals surface area (Å²) in [4.78, 5) is 0. The van der Waals surface area contributed by atoms with Gasteiger partial charge in [-0.2, -0.15) is 0 Å². The van der Waals surface area contributed by atoms with E-state index in [9.17, 15) is 0 Å². The highest BCUT2D eigenvalue weighted by molar-refractivity contribution is 5.83. The van der Waals surface area contributed by atoms with Crippen molar-refractivity contribution < 1.29 is 4.74 Å². The minimum Gasteiger partial charge on any atom is -0.481 e. The van der Waals surface area contributed by atoms with Gasteiger partial charge in [-0.15, -0.1) is 0 Å². The average Bonchev–Trinajstić information content (AvgIpc) is 2.59. The number of ether oxygens (including phenoxy) is 1. The summed E-state index contributed by atoms with van der Waals surface area (Å²) in [6.07, 6.45) is 0. The fourth-order valence-corrected chi connectivity index (χ4v) is 2.39. The number of fused-ring (bicyclic) bond motifs is 1.